The molecule has 3 rings (SSSR count). The lowest BCUT2D eigenvalue weighted by molar-refractivity contribution is -0.115. The Kier molecular flexibility index (Phi) is 4.76. The fraction of sp³-hybridized carbons (Fsp3) is 0.167. The van der Waals surface area contributed by atoms with Gasteiger partial charge in [0.1, 0.15) is 0 Å². The number of thioether (sulfide) groups is 1. The molecular weight excluding hydrogens is 338 g/mol. The normalized spacial score (nSPS) is 12.1. The lowest BCUT2D eigenvalue weighted by Gasteiger charge is -2.12. The van der Waals surface area contributed by atoms with Gasteiger partial charge >= 0.3 is 11.1 Å². The van der Waals surface area contributed by atoms with Crippen molar-refractivity contribution in [3.63, 3.8) is 0 Å². The van der Waals surface area contributed by atoms with Crippen LogP contribution in [0.1, 0.15) is 12.5 Å². The molecule has 0 spiro atoms. The zero-order valence-electron chi connectivity index (χ0n) is 13.8. The summed E-state index contributed by atoms with van der Waals surface area (Å²) in [6.07, 6.45) is 0. The van der Waals surface area contributed by atoms with E-state index in [1.807, 2.05) is 38.1 Å². The highest BCUT2D eigenvalue weighted by Crippen LogP contribution is 2.24. The number of nitrogens with one attached hydrogen (secondary N) is 3. The van der Waals surface area contributed by atoms with Crippen molar-refractivity contribution in [2.45, 2.75) is 24.0 Å². The third-order valence-electron chi connectivity index (χ3n) is 3.69. The van der Waals surface area contributed by atoms with Gasteiger partial charge in [-0.3, -0.25) is 14.4 Å². The average molecular weight is 355 g/mol. The van der Waals surface area contributed by atoms with E-state index in [9.17, 15) is 14.4 Å². The minimum atomic E-state index is -0.723. The van der Waals surface area contributed by atoms with Crippen molar-refractivity contribution in [1.29, 1.82) is 0 Å². The summed E-state index contributed by atoms with van der Waals surface area (Å²) >= 11 is 1.47. The minimum Gasteiger partial charge on any atom is -0.325 e. The first-order valence-electron chi connectivity index (χ1n) is 7.73. The van der Waals surface area contributed by atoms with Crippen molar-refractivity contribution in [2.75, 3.05) is 5.32 Å². The van der Waals surface area contributed by atoms with E-state index in [1.54, 1.807) is 18.2 Å². The number of fused-ring (bicyclic) bond motifs is 1. The molecule has 1 aromatic heterocycles. The fourth-order valence-electron chi connectivity index (χ4n) is 2.31. The number of hydrogen-bond acceptors (Lipinski definition) is 4. The van der Waals surface area contributed by atoms with E-state index >= 15 is 0 Å². The standard InChI is InChI=1S/C18H17N3O3S/c1-10-3-6-13(7-4-10)25-11(2)16(22)19-12-5-8-14-15(9-12)21-18(24)17(23)20-14/h3-9,11H,1-2H3,(H,19,22)(H,20,23)(H,21,24)/t11-/m1/s1. The molecule has 0 bridgehead atoms. The molecule has 6 nitrogen and oxygen atoms in total. The molecule has 2 aromatic carbocycles. The Morgan fingerprint density at radius 1 is 1.00 bits per heavy atom. The molecule has 0 unspecified atom stereocenters. The van der Waals surface area contributed by atoms with E-state index in [0.29, 0.717) is 16.7 Å². The molecule has 0 aliphatic rings. The number of carbonyl (C=O) groups is 1. The van der Waals surface area contributed by atoms with Gasteiger partial charge in [-0.15, -0.1) is 11.8 Å². The maximum atomic E-state index is 12.4. The summed E-state index contributed by atoms with van der Waals surface area (Å²) in [5.74, 6) is -0.142. The number of aromatic nitrogens is 2. The number of hydrogen-bond donors (Lipinski definition) is 3. The molecular formula is C18H17N3O3S. The number of H-pyrrole nitrogens is 2. The number of aromatic amines is 2. The van der Waals surface area contributed by atoms with Gasteiger partial charge in [-0.05, 0) is 44.2 Å². The van der Waals surface area contributed by atoms with Crippen LogP contribution < -0.4 is 16.4 Å². The molecule has 0 aliphatic heterocycles. The molecule has 0 aliphatic carbocycles. The molecule has 0 saturated heterocycles. The predicted molar refractivity (Wildman–Crippen MR) is 100 cm³/mol. The third-order valence-corrected chi connectivity index (χ3v) is 4.80. The quantitative estimate of drug-likeness (QED) is 0.495. The molecule has 7 heteroatoms. The molecule has 1 heterocycles. The second-order valence-electron chi connectivity index (χ2n) is 5.73. The summed E-state index contributed by atoms with van der Waals surface area (Å²) in [6, 6.07) is 12.9. The highest BCUT2D eigenvalue weighted by molar-refractivity contribution is 8.00. The summed E-state index contributed by atoms with van der Waals surface area (Å²) < 4.78 is 0. The molecule has 3 N–H and O–H groups in total. The fourth-order valence-corrected chi connectivity index (χ4v) is 3.18. The monoisotopic (exact) mass is 355 g/mol. The largest absolute Gasteiger partial charge is 0.325 e. The van der Waals surface area contributed by atoms with E-state index in [2.05, 4.69) is 15.3 Å². The van der Waals surface area contributed by atoms with Crippen molar-refractivity contribution < 1.29 is 4.79 Å². The van der Waals surface area contributed by atoms with Crippen LogP contribution in [0.2, 0.25) is 0 Å². The molecule has 0 saturated carbocycles. The van der Waals surface area contributed by atoms with Gasteiger partial charge in [0, 0.05) is 10.6 Å². The second-order valence-corrected chi connectivity index (χ2v) is 7.15. The van der Waals surface area contributed by atoms with Crippen LogP contribution in [0, 0.1) is 6.92 Å². The van der Waals surface area contributed by atoms with Crippen LogP contribution in [-0.4, -0.2) is 21.1 Å². The maximum Gasteiger partial charge on any atom is 0.314 e. The zero-order valence-corrected chi connectivity index (χ0v) is 14.6. The van der Waals surface area contributed by atoms with E-state index in [0.717, 1.165) is 4.90 Å². The summed E-state index contributed by atoms with van der Waals surface area (Å²) in [5.41, 5.74) is 1.26. The Bertz CT molecular complexity index is 1040. The highest BCUT2D eigenvalue weighted by atomic mass is 32.2. The third kappa shape index (κ3) is 4.00. The maximum absolute atomic E-state index is 12.4. The van der Waals surface area contributed by atoms with Crippen LogP contribution in [0.25, 0.3) is 11.0 Å². The summed E-state index contributed by atoms with van der Waals surface area (Å²) in [6.45, 7) is 3.85. The summed E-state index contributed by atoms with van der Waals surface area (Å²) in [7, 11) is 0. The van der Waals surface area contributed by atoms with E-state index in [4.69, 9.17) is 0 Å². The number of carbonyl (C=O) groups excluding carboxylic acids is 1. The Labute approximate surface area is 147 Å². The first-order chi connectivity index (χ1) is 11.9. The molecule has 3 aromatic rings. The van der Waals surface area contributed by atoms with Crippen molar-refractivity contribution in [3.05, 3.63) is 68.7 Å². The van der Waals surface area contributed by atoms with Crippen LogP contribution in [-0.2, 0) is 4.79 Å². The summed E-state index contributed by atoms with van der Waals surface area (Å²) in [5, 5.41) is 2.54. The molecule has 25 heavy (non-hydrogen) atoms. The predicted octanol–water partition coefficient (Wildman–Crippen LogP) is 2.64. The van der Waals surface area contributed by atoms with E-state index < -0.39 is 11.1 Å². The van der Waals surface area contributed by atoms with E-state index in [1.165, 1.54) is 17.3 Å². The number of anilines is 1. The smallest absolute Gasteiger partial charge is 0.314 e. The summed E-state index contributed by atoms with van der Waals surface area (Å²) in [4.78, 5) is 41.1. The first kappa shape index (κ1) is 17.0. The Morgan fingerprint density at radius 2 is 1.64 bits per heavy atom. The van der Waals surface area contributed by atoms with Gasteiger partial charge in [-0.25, -0.2) is 0 Å². The number of aryl methyl sites for hydroxylation is 1. The van der Waals surface area contributed by atoms with Crippen LogP contribution in [0.15, 0.2) is 56.9 Å². The van der Waals surface area contributed by atoms with E-state index in [-0.39, 0.29) is 11.2 Å². The van der Waals surface area contributed by atoms with Gasteiger partial charge in [0.25, 0.3) is 0 Å². The van der Waals surface area contributed by atoms with Crippen LogP contribution in [0.4, 0.5) is 5.69 Å². The second kappa shape index (κ2) is 6.98. The number of rotatable bonds is 4. The van der Waals surface area contributed by atoms with Crippen LogP contribution in [0.5, 0.6) is 0 Å². The van der Waals surface area contributed by atoms with Gasteiger partial charge in [0.15, 0.2) is 0 Å². The molecule has 1 amide bonds. The number of amides is 1. The molecule has 0 radical (unpaired) electrons. The molecule has 128 valence electrons. The highest BCUT2D eigenvalue weighted by Gasteiger charge is 2.15. The topological polar surface area (TPSA) is 94.8 Å². The molecule has 1 atom stereocenters. The van der Waals surface area contributed by atoms with Gasteiger partial charge in [-0.2, -0.15) is 0 Å². The minimum absolute atomic E-state index is 0.142. The Morgan fingerprint density at radius 3 is 2.32 bits per heavy atom. The van der Waals surface area contributed by atoms with Gasteiger partial charge in [0.05, 0.1) is 16.3 Å². The number of benzene rings is 2. The van der Waals surface area contributed by atoms with Gasteiger partial charge in [-0.1, -0.05) is 17.7 Å². The van der Waals surface area contributed by atoms with Crippen molar-refractivity contribution in [3.8, 4) is 0 Å². The lowest BCUT2D eigenvalue weighted by Crippen LogP contribution is -2.29. The van der Waals surface area contributed by atoms with Crippen LogP contribution >= 0.6 is 11.8 Å². The Balaban J connectivity index is 1.74. The zero-order chi connectivity index (χ0) is 18.0. The van der Waals surface area contributed by atoms with Gasteiger partial charge < -0.3 is 15.3 Å². The van der Waals surface area contributed by atoms with Crippen molar-refractivity contribution >= 4 is 34.4 Å². The van der Waals surface area contributed by atoms with Gasteiger partial charge in [0.2, 0.25) is 5.91 Å². The van der Waals surface area contributed by atoms with Crippen LogP contribution in [0.3, 0.4) is 0 Å². The SMILES string of the molecule is Cc1ccc(S[C@H](C)C(=O)Nc2ccc3[nH]c(=O)c(=O)[nH]c3c2)cc1. The Hall–Kier alpha value is -2.80. The van der Waals surface area contributed by atoms with Crippen molar-refractivity contribution in [1.82, 2.24) is 9.97 Å². The molecule has 0 fully saturated rings. The van der Waals surface area contributed by atoms with Crippen molar-refractivity contribution in [2.24, 2.45) is 0 Å². The first-order valence-corrected chi connectivity index (χ1v) is 8.61. The average Bonchev–Trinajstić information content (AvgIpc) is 2.58. The lowest BCUT2D eigenvalue weighted by atomic mass is 10.2.